The number of rotatable bonds is 14. The Balaban J connectivity index is 1.86. The third kappa shape index (κ3) is 11.1. The zero-order valence-electron chi connectivity index (χ0n) is 18.1. The first-order valence-corrected chi connectivity index (χ1v) is 11.9. The zero-order chi connectivity index (χ0) is 19.4. The number of halogens is 1. The van der Waals surface area contributed by atoms with Gasteiger partial charge in [0.25, 0.3) is 0 Å². The van der Waals surface area contributed by atoms with Gasteiger partial charge in [-0.2, -0.15) is 0 Å². The second-order valence-corrected chi connectivity index (χ2v) is 10.4. The minimum absolute atomic E-state index is 0.365. The Morgan fingerprint density at radius 2 is 1.42 bits per heavy atom. The Kier molecular flexibility index (Phi) is 12.4. The third-order valence-electron chi connectivity index (χ3n) is 5.26. The maximum absolute atomic E-state index is 5.93. The summed E-state index contributed by atoms with van der Waals surface area (Å²) >= 11 is 3.72. The Morgan fingerprint density at radius 1 is 0.885 bits per heavy atom. The van der Waals surface area contributed by atoms with Gasteiger partial charge in [-0.05, 0) is 32.1 Å². The highest BCUT2D eigenvalue weighted by molar-refractivity contribution is 9.09. The molecule has 1 rings (SSSR count). The molecule has 0 amide bonds. The lowest BCUT2D eigenvalue weighted by Gasteiger charge is -2.31. The molecule has 0 aromatic carbocycles. The quantitative estimate of drug-likeness (QED) is 0.124. The summed E-state index contributed by atoms with van der Waals surface area (Å²) in [5, 5.41) is 0. The number of hydrogen-bond acceptors (Lipinski definition) is 2. The van der Waals surface area contributed by atoms with Gasteiger partial charge in [-0.1, -0.05) is 100 Å². The molecule has 0 aliphatic carbocycles. The van der Waals surface area contributed by atoms with Gasteiger partial charge in [0, 0.05) is 12.6 Å². The third-order valence-corrected chi connectivity index (χ3v) is 6.04. The van der Waals surface area contributed by atoms with Crippen molar-refractivity contribution in [2.75, 3.05) is 13.2 Å². The molecule has 2 unspecified atom stereocenters. The van der Waals surface area contributed by atoms with Crippen molar-refractivity contribution in [3.63, 3.8) is 0 Å². The van der Waals surface area contributed by atoms with E-state index < -0.39 is 0 Å². The standard InChI is InChI=1S/C23H44BrNO/c1-20(2)25-21(15-16-22(25)24)19-26-18-14-12-10-8-6-7-9-11-13-17-23(3,4)5/h15-16,20-22H,6-14,17-19H2,1-5H3. The SMILES string of the molecule is CC(C)N1C(Br)C=CC1COCCCCCCCCCCCC(C)(C)C. The van der Waals surface area contributed by atoms with Crippen molar-refractivity contribution in [1.82, 2.24) is 4.90 Å². The first-order chi connectivity index (χ1) is 12.3. The van der Waals surface area contributed by atoms with Crippen LogP contribution in [0, 0.1) is 5.41 Å². The van der Waals surface area contributed by atoms with Gasteiger partial charge in [-0.25, -0.2) is 0 Å². The molecule has 26 heavy (non-hydrogen) atoms. The van der Waals surface area contributed by atoms with Crippen molar-refractivity contribution in [2.24, 2.45) is 5.41 Å². The summed E-state index contributed by atoms with van der Waals surface area (Å²) in [5.41, 5.74) is 0.513. The molecule has 1 aliphatic heterocycles. The Morgan fingerprint density at radius 3 is 1.96 bits per heavy atom. The van der Waals surface area contributed by atoms with Gasteiger partial charge >= 0.3 is 0 Å². The zero-order valence-corrected chi connectivity index (χ0v) is 19.7. The Bertz CT molecular complexity index is 375. The summed E-state index contributed by atoms with van der Waals surface area (Å²) in [6, 6.07) is 0.967. The first kappa shape index (κ1) is 24.2. The molecule has 0 bridgehead atoms. The van der Waals surface area contributed by atoms with Gasteiger partial charge < -0.3 is 4.74 Å². The van der Waals surface area contributed by atoms with Crippen LogP contribution >= 0.6 is 15.9 Å². The molecule has 0 fully saturated rings. The minimum Gasteiger partial charge on any atom is -0.379 e. The van der Waals surface area contributed by atoms with E-state index in [2.05, 4.69) is 67.6 Å². The summed E-state index contributed by atoms with van der Waals surface area (Å²) in [6.07, 6.45) is 18.3. The van der Waals surface area contributed by atoms with Crippen LogP contribution in [0.2, 0.25) is 0 Å². The van der Waals surface area contributed by atoms with Crippen LogP contribution in [0.5, 0.6) is 0 Å². The van der Waals surface area contributed by atoms with Crippen LogP contribution in [-0.2, 0) is 4.74 Å². The van der Waals surface area contributed by atoms with Crippen LogP contribution in [0.25, 0.3) is 0 Å². The van der Waals surface area contributed by atoms with Crippen molar-refractivity contribution in [3.05, 3.63) is 12.2 Å². The second-order valence-electron chi connectivity index (χ2n) is 9.43. The van der Waals surface area contributed by atoms with Gasteiger partial charge in [-0.15, -0.1) is 0 Å². The van der Waals surface area contributed by atoms with Gasteiger partial charge in [0.05, 0.1) is 17.6 Å². The lowest BCUT2D eigenvalue weighted by atomic mass is 9.89. The molecule has 154 valence electrons. The van der Waals surface area contributed by atoms with Gasteiger partial charge in [0.15, 0.2) is 0 Å². The van der Waals surface area contributed by atoms with E-state index in [0.29, 0.717) is 22.4 Å². The predicted octanol–water partition coefficient (Wildman–Crippen LogP) is 7.32. The molecule has 1 heterocycles. The molecule has 0 saturated carbocycles. The molecule has 3 heteroatoms. The number of ether oxygens (including phenoxy) is 1. The molecule has 0 saturated heterocycles. The fourth-order valence-corrected chi connectivity index (χ4v) is 4.66. The Labute approximate surface area is 172 Å². The van der Waals surface area contributed by atoms with E-state index in [1.807, 2.05) is 0 Å². The van der Waals surface area contributed by atoms with Gasteiger partial charge in [0.1, 0.15) is 0 Å². The largest absolute Gasteiger partial charge is 0.379 e. The second kappa shape index (κ2) is 13.3. The van der Waals surface area contributed by atoms with Crippen LogP contribution < -0.4 is 0 Å². The molecule has 2 atom stereocenters. The van der Waals surface area contributed by atoms with Crippen LogP contribution in [-0.4, -0.2) is 35.1 Å². The highest BCUT2D eigenvalue weighted by atomic mass is 79.9. The van der Waals surface area contributed by atoms with E-state index in [0.717, 1.165) is 13.2 Å². The lowest BCUT2D eigenvalue weighted by molar-refractivity contribution is 0.0704. The van der Waals surface area contributed by atoms with E-state index >= 15 is 0 Å². The molecule has 1 aliphatic rings. The molecule has 0 aromatic rings. The lowest BCUT2D eigenvalue weighted by Crippen LogP contribution is -2.41. The van der Waals surface area contributed by atoms with Crippen LogP contribution in [0.4, 0.5) is 0 Å². The predicted molar refractivity (Wildman–Crippen MR) is 119 cm³/mol. The Hall–Kier alpha value is 0.140. The molecule has 0 spiro atoms. The molecule has 0 aromatic heterocycles. The fourth-order valence-electron chi connectivity index (χ4n) is 3.71. The minimum atomic E-state index is 0.365. The topological polar surface area (TPSA) is 12.5 Å². The average Bonchev–Trinajstić information content (AvgIpc) is 2.91. The highest BCUT2D eigenvalue weighted by Gasteiger charge is 2.28. The molecule has 2 nitrogen and oxygen atoms in total. The van der Waals surface area contributed by atoms with Gasteiger partial charge in [0.2, 0.25) is 0 Å². The van der Waals surface area contributed by atoms with Crippen molar-refractivity contribution < 1.29 is 4.74 Å². The number of unbranched alkanes of at least 4 members (excludes halogenated alkanes) is 8. The smallest absolute Gasteiger partial charge is 0.0849 e. The maximum atomic E-state index is 5.93. The normalized spacial score (nSPS) is 21.2. The highest BCUT2D eigenvalue weighted by Crippen LogP contribution is 2.24. The van der Waals surface area contributed by atoms with Gasteiger partial charge in [-0.3, -0.25) is 4.90 Å². The van der Waals surface area contributed by atoms with E-state index in [9.17, 15) is 0 Å². The van der Waals surface area contributed by atoms with Crippen molar-refractivity contribution in [1.29, 1.82) is 0 Å². The van der Waals surface area contributed by atoms with E-state index in [4.69, 9.17) is 4.74 Å². The first-order valence-electron chi connectivity index (χ1n) is 11.0. The van der Waals surface area contributed by atoms with Crippen molar-refractivity contribution in [2.45, 2.75) is 116 Å². The average molecular weight is 431 g/mol. The van der Waals surface area contributed by atoms with Crippen molar-refractivity contribution >= 4 is 15.9 Å². The summed E-state index contributed by atoms with van der Waals surface area (Å²) in [4.78, 5) is 2.83. The molecular formula is C23H44BrNO. The monoisotopic (exact) mass is 429 g/mol. The summed E-state index contributed by atoms with van der Waals surface area (Å²) < 4.78 is 5.93. The fraction of sp³-hybridized carbons (Fsp3) is 0.913. The number of alkyl halides is 1. The number of hydrogen-bond donors (Lipinski definition) is 0. The van der Waals surface area contributed by atoms with Crippen molar-refractivity contribution in [3.8, 4) is 0 Å². The summed E-state index contributed by atoms with van der Waals surface area (Å²) in [6.45, 7) is 13.3. The van der Waals surface area contributed by atoms with E-state index in [1.54, 1.807) is 0 Å². The van der Waals surface area contributed by atoms with Crippen LogP contribution in [0.3, 0.4) is 0 Å². The molecule has 0 N–H and O–H groups in total. The molecular weight excluding hydrogens is 386 g/mol. The van der Waals surface area contributed by atoms with Crippen LogP contribution in [0.15, 0.2) is 12.2 Å². The van der Waals surface area contributed by atoms with E-state index in [-0.39, 0.29) is 0 Å². The molecule has 0 radical (unpaired) electrons. The summed E-state index contributed by atoms with van der Waals surface area (Å²) in [7, 11) is 0. The maximum Gasteiger partial charge on any atom is 0.0849 e. The number of nitrogens with zero attached hydrogens (tertiary/aromatic N) is 1. The van der Waals surface area contributed by atoms with Crippen LogP contribution in [0.1, 0.15) is 98.8 Å². The summed E-state index contributed by atoms with van der Waals surface area (Å²) in [5.74, 6) is 0. The van der Waals surface area contributed by atoms with E-state index in [1.165, 1.54) is 64.2 Å².